The molecule has 0 saturated carbocycles. The van der Waals surface area contributed by atoms with Crippen LogP contribution in [-0.2, 0) is 25.7 Å². The molecule has 0 unspecified atom stereocenters. The fraction of sp³-hybridized carbons (Fsp3) is 0.455. The zero-order chi connectivity index (χ0) is 16.0. The van der Waals surface area contributed by atoms with Crippen LogP contribution in [0, 0.1) is 5.41 Å². The third-order valence-corrected chi connectivity index (χ3v) is 4.32. The van der Waals surface area contributed by atoms with Crippen molar-refractivity contribution < 1.29 is 0 Å². The monoisotopic (exact) mass is 294 g/mol. The first-order valence-electron chi connectivity index (χ1n) is 8.62. The second kappa shape index (κ2) is 7.63. The Hall–Kier alpha value is -1.56. The van der Waals surface area contributed by atoms with E-state index in [0.717, 1.165) is 19.3 Å². The maximum absolute atomic E-state index is 2.31. The summed E-state index contributed by atoms with van der Waals surface area (Å²) < 4.78 is 0. The molecule has 0 aliphatic carbocycles. The Morgan fingerprint density at radius 1 is 0.591 bits per heavy atom. The first-order chi connectivity index (χ1) is 10.5. The van der Waals surface area contributed by atoms with Gasteiger partial charge in [0.05, 0.1) is 0 Å². The Morgan fingerprint density at radius 3 is 1.32 bits per heavy atom. The van der Waals surface area contributed by atoms with Crippen molar-refractivity contribution in [3.8, 4) is 0 Å². The summed E-state index contributed by atoms with van der Waals surface area (Å²) >= 11 is 0. The number of benzene rings is 2. The molecule has 22 heavy (non-hydrogen) atoms. The van der Waals surface area contributed by atoms with Gasteiger partial charge in [0.2, 0.25) is 0 Å². The van der Waals surface area contributed by atoms with Gasteiger partial charge in [-0.2, -0.15) is 0 Å². The molecule has 0 aliphatic heterocycles. The highest BCUT2D eigenvalue weighted by Crippen LogP contribution is 2.21. The quantitative estimate of drug-likeness (QED) is 0.611. The number of aryl methyl sites for hydroxylation is 4. The van der Waals surface area contributed by atoms with E-state index in [2.05, 4.69) is 76.2 Å². The average Bonchev–Trinajstić information content (AvgIpc) is 2.52. The lowest BCUT2D eigenvalue weighted by Crippen LogP contribution is -2.06. The highest BCUT2D eigenvalue weighted by atomic mass is 14.1. The van der Waals surface area contributed by atoms with Gasteiger partial charge in [-0.15, -0.1) is 0 Å². The highest BCUT2D eigenvalue weighted by molar-refractivity contribution is 5.26. The second-order valence-electron chi connectivity index (χ2n) is 7.55. The van der Waals surface area contributed by atoms with Gasteiger partial charge in [0.15, 0.2) is 0 Å². The van der Waals surface area contributed by atoms with Crippen LogP contribution >= 0.6 is 0 Å². The Kier molecular flexibility index (Phi) is 5.83. The summed E-state index contributed by atoms with van der Waals surface area (Å²) in [6, 6.07) is 18.3. The molecule has 118 valence electrons. The molecule has 0 N–H and O–H groups in total. The topological polar surface area (TPSA) is 0 Å². The summed E-state index contributed by atoms with van der Waals surface area (Å²) in [6.07, 6.45) is 5.81. The van der Waals surface area contributed by atoms with Crippen molar-refractivity contribution in [1.82, 2.24) is 0 Å². The van der Waals surface area contributed by atoms with Crippen molar-refractivity contribution in [1.29, 1.82) is 0 Å². The van der Waals surface area contributed by atoms with Crippen molar-refractivity contribution in [3.05, 3.63) is 70.8 Å². The van der Waals surface area contributed by atoms with Crippen LogP contribution < -0.4 is 0 Å². The molecule has 0 heteroatoms. The third-order valence-electron chi connectivity index (χ3n) is 4.32. The van der Waals surface area contributed by atoms with E-state index < -0.39 is 0 Å². The van der Waals surface area contributed by atoms with Crippen LogP contribution in [0.15, 0.2) is 48.5 Å². The molecule has 0 aliphatic rings. The summed E-state index contributed by atoms with van der Waals surface area (Å²) in [5.74, 6) is 0. The summed E-state index contributed by atoms with van der Waals surface area (Å²) in [6.45, 7) is 9.14. The maximum Gasteiger partial charge on any atom is -0.0238 e. The van der Waals surface area contributed by atoms with Crippen LogP contribution in [0.3, 0.4) is 0 Å². The van der Waals surface area contributed by atoms with Gasteiger partial charge < -0.3 is 0 Å². The Bertz CT molecular complexity index is 552. The largest absolute Gasteiger partial charge is 0.0613 e. The summed E-state index contributed by atoms with van der Waals surface area (Å²) in [4.78, 5) is 0. The van der Waals surface area contributed by atoms with Crippen LogP contribution in [-0.4, -0.2) is 0 Å². The molecule has 0 spiro atoms. The van der Waals surface area contributed by atoms with E-state index in [-0.39, 0.29) is 0 Å². The van der Waals surface area contributed by atoms with Crippen LogP contribution in [0.25, 0.3) is 0 Å². The van der Waals surface area contributed by atoms with Crippen LogP contribution in [0.5, 0.6) is 0 Å². The predicted octanol–water partition coefficient (Wildman–Crippen LogP) is 6.01. The number of rotatable bonds is 6. The molecule has 2 aromatic carbocycles. The van der Waals surface area contributed by atoms with E-state index in [1.54, 1.807) is 0 Å². The minimum Gasteiger partial charge on any atom is -0.0613 e. The van der Waals surface area contributed by atoms with Gasteiger partial charge in [0, 0.05) is 0 Å². The second-order valence-corrected chi connectivity index (χ2v) is 7.55. The summed E-state index contributed by atoms with van der Waals surface area (Å²) in [5, 5.41) is 0. The SMILES string of the molecule is CCc1ccc(CCc2ccc(CCC(C)(C)C)cc2)cc1. The Morgan fingerprint density at radius 2 is 0.955 bits per heavy atom. The average molecular weight is 294 g/mol. The first-order valence-corrected chi connectivity index (χ1v) is 8.62. The van der Waals surface area contributed by atoms with Crippen molar-refractivity contribution in [3.63, 3.8) is 0 Å². The van der Waals surface area contributed by atoms with Crippen molar-refractivity contribution >= 4 is 0 Å². The minimum absolute atomic E-state index is 0.420. The van der Waals surface area contributed by atoms with Gasteiger partial charge in [-0.25, -0.2) is 0 Å². The normalized spacial score (nSPS) is 11.6. The molecule has 0 nitrogen and oxygen atoms in total. The van der Waals surface area contributed by atoms with Gasteiger partial charge in [-0.1, -0.05) is 76.2 Å². The van der Waals surface area contributed by atoms with Crippen LogP contribution in [0.1, 0.15) is 56.4 Å². The van der Waals surface area contributed by atoms with E-state index >= 15 is 0 Å². The predicted molar refractivity (Wildman–Crippen MR) is 97.4 cm³/mol. The zero-order valence-corrected chi connectivity index (χ0v) is 14.7. The number of hydrogen-bond donors (Lipinski definition) is 0. The van der Waals surface area contributed by atoms with Gasteiger partial charge in [0.1, 0.15) is 0 Å². The maximum atomic E-state index is 2.31. The molecule has 2 aromatic rings. The molecule has 0 atom stereocenters. The third kappa shape index (κ3) is 5.67. The molecule has 0 fully saturated rings. The molecule has 0 bridgehead atoms. The van der Waals surface area contributed by atoms with E-state index in [4.69, 9.17) is 0 Å². The molecule has 0 radical (unpaired) electrons. The zero-order valence-electron chi connectivity index (χ0n) is 14.7. The standard InChI is InChI=1S/C22H30/c1-5-18-6-8-19(9-7-18)10-11-20-12-14-21(15-13-20)16-17-22(2,3)4/h6-9,12-15H,5,10-11,16-17H2,1-4H3. The van der Waals surface area contributed by atoms with E-state index in [1.807, 2.05) is 0 Å². The van der Waals surface area contributed by atoms with Crippen LogP contribution in [0.2, 0.25) is 0 Å². The van der Waals surface area contributed by atoms with Crippen LogP contribution in [0.4, 0.5) is 0 Å². The molecule has 0 aromatic heterocycles. The lowest BCUT2D eigenvalue weighted by Gasteiger charge is -2.17. The minimum atomic E-state index is 0.420. The fourth-order valence-corrected chi connectivity index (χ4v) is 2.62. The molecular weight excluding hydrogens is 264 g/mol. The smallest absolute Gasteiger partial charge is 0.0238 e. The van der Waals surface area contributed by atoms with Crippen molar-refractivity contribution in [2.24, 2.45) is 5.41 Å². The molecule has 2 rings (SSSR count). The first kappa shape index (κ1) is 16.8. The van der Waals surface area contributed by atoms with Gasteiger partial charge in [-0.3, -0.25) is 0 Å². The lowest BCUT2D eigenvalue weighted by molar-refractivity contribution is 0.378. The summed E-state index contributed by atoms with van der Waals surface area (Å²) in [7, 11) is 0. The van der Waals surface area contributed by atoms with Gasteiger partial charge >= 0.3 is 0 Å². The van der Waals surface area contributed by atoms with E-state index in [0.29, 0.717) is 5.41 Å². The van der Waals surface area contributed by atoms with Crippen molar-refractivity contribution in [2.45, 2.75) is 59.8 Å². The fourth-order valence-electron chi connectivity index (χ4n) is 2.62. The highest BCUT2D eigenvalue weighted by Gasteiger charge is 2.09. The van der Waals surface area contributed by atoms with Gasteiger partial charge in [0.25, 0.3) is 0 Å². The molecule has 0 heterocycles. The Balaban J connectivity index is 1.85. The number of hydrogen-bond acceptors (Lipinski definition) is 0. The van der Waals surface area contributed by atoms with E-state index in [1.165, 1.54) is 35.1 Å². The molecule has 0 saturated heterocycles. The van der Waals surface area contributed by atoms with Crippen molar-refractivity contribution in [2.75, 3.05) is 0 Å². The lowest BCUT2D eigenvalue weighted by atomic mass is 9.88. The Labute approximate surface area is 136 Å². The van der Waals surface area contributed by atoms with Gasteiger partial charge in [-0.05, 0) is 59.8 Å². The molecule has 0 amide bonds. The summed E-state index contributed by atoms with van der Waals surface area (Å²) in [5.41, 5.74) is 6.19. The van der Waals surface area contributed by atoms with E-state index in [9.17, 15) is 0 Å². The molecular formula is C22H30.